The third kappa shape index (κ3) is 2.25. The SMILES string of the molecule is CN1CCN(c2ncc([N+](=O)[O-])cn2)CC1. The Kier molecular flexibility index (Phi) is 2.95. The molecule has 7 heteroatoms. The van der Waals surface area contributed by atoms with Crippen LogP contribution in [0.4, 0.5) is 11.6 Å². The van der Waals surface area contributed by atoms with E-state index in [-0.39, 0.29) is 5.69 Å². The molecule has 0 radical (unpaired) electrons. The maximum Gasteiger partial charge on any atom is 0.305 e. The zero-order valence-electron chi connectivity index (χ0n) is 9.04. The van der Waals surface area contributed by atoms with Gasteiger partial charge in [-0.3, -0.25) is 10.1 Å². The molecule has 0 aliphatic carbocycles. The van der Waals surface area contributed by atoms with E-state index in [0.29, 0.717) is 5.95 Å². The fraction of sp³-hybridized carbons (Fsp3) is 0.556. The molecule has 1 aliphatic heterocycles. The highest BCUT2D eigenvalue weighted by atomic mass is 16.6. The van der Waals surface area contributed by atoms with E-state index in [4.69, 9.17) is 0 Å². The second kappa shape index (κ2) is 4.40. The van der Waals surface area contributed by atoms with Crippen LogP contribution in [0.25, 0.3) is 0 Å². The summed E-state index contributed by atoms with van der Waals surface area (Å²) in [6.45, 7) is 3.63. The smallest absolute Gasteiger partial charge is 0.305 e. The Morgan fingerprint density at radius 3 is 2.31 bits per heavy atom. The van der Waals surface area contributed by atoms with Crippen molar-refractivity contribution in [3.63, 3.8) is 0 Å². The Labute approximate surface area is 92.9 Å². The van der Waals surface area contributed by atoms with Crippen LogP contribution in [-0.4, -0.2) is 53.0 Å². The van der Waals surface area contributed by atoms with Crippen LogP contribution < -0.4 is 4.90 Å². The molecule has 2 rings (SSSR count). The average molecular weight is 223 g/mol. The van der Waals surface area contributed by atoms with Crippen molar-refractivity contribution in [3.8, 4) is 0 Å². The van der Waals surface area contributed by atoms with Crippen LogP contribution in [0.2, 0.25) is 0 Å². The molecule has 0 amide bonds. The van der Waals surface area contributed by atoms with Gasteiger partial charge in [-0.05, 0) is 7.05 Å². The molecule has 0 unspecified atom stereocenters. The van der Waals surface area contributed by atoms with Crippen molar-refractivity contribution in [3.05, 3.63) is 22.5 Å². The highest BCUT2D eigenvalue weighted by Crippen LogP contribution is 2.13. The first-order valence-corrected chi connectivity index (χ1v) is 5.07. The molecule has 16 heavy (non-hydrogen) atoms. The molecule has 7 nitrogen and oxygen atoms in total. The average Bonchev–Trinajstić information content (AvgIpc) is 2.30. The summed E-state index contributed by atoms with van der Waals surface area (Å²) in [7, 11) is 2.06. The lowest BCUT2D eigenvalue weighted by atomic mass is 10.3. The van der Waals surface area contributed by atoms with E-state index in [0.717, 1.165) is 26.2 Å². The van der Waals surface area contributed by atoms with Crippen molar-refractivity contribution in [1.82, 2.24) is 14.9 Å². The highest BCUT2D eigenvalue weighted by Gasteiger charge is 2.17. The molecular formula is C9H13N5O2. The number of hydrogen-bond donors (Lipinski definition) is 0. The Morgan fingerprint density at radius 2 is 1.81 bits per heavy atom. The summed E-state index contributed by atoms with van der Waals surface area (Å²) >= 11 is 0. The van der Waals surface area contributed by atoms with Crippen LogP contribution in [-0.2, 0) is 0 Å². The minimum atomic E-state index is -0.492. The summed E-state index contributed by atoms with van der Waals surface area (Å²) in [4.78, 5) is 22.2. The van der Waals surface area contributed by atoms with Crippen LogP contribution in [0.15, 0.2) is 12.4 Å². The van der Waals surface area contributed by atoms with Gasteiger partial charge in [0, 0.05) is 26.2 Å². The summed E-state index contributed by atoms with van der Waals surface area (Å²) in [5, 5.41) is 10.4. The molecule has 0 aromatic carbocycles. The van der Waals surface area contributed by atoms with Crippen LogP contribution in [0.3, 0.4) is 0 Å². The third-order valence-electron chi connectivity index (χ3n) is 2.62. The Balaban J connectivity index is 2.07. The number of anilines is 1. The molecule has 1 aliphatic rings. The number of piperazine rings is 1. The van der Waals surface area contributed by atoms with Crippen molar-refractivity contribution >= 4 is 11.6 Å². The topological polar surface area (TPSA) is 75.4 Å². The van der Waals surface area contributed by atoms with Gasteiger partial charge in [0.1, 0.15) is 12.4 Å². The number of likely N-dealkylation sites (N-methyl/N-ethyl adjacent to an activating group) is 1. The lowest BCUT2D eigenvalue weighted by molar-refractivity contribution is -0.385. The van der Waals surface area contributed by atoms with Gasteiger partial charge < -0.3 is 9.80 Å². The van der Waals surface area contributed by atoms with Crippen LogP contribution in [0, 0.1) is 10.1 Å². The molecule has 1 fully saturated rings. The fourth-order valence-electron chi connectivity index (χ4n) is 1.58. The van der Waals surface area contributed by atoms with E-state index in [2.05, 4.69) is 21.9 Å². The molecule has 0 saturated carbocycles. The molecule has 0 bridgehead atoms. The minimum absolute atomic E-state index is 0.0714. The largest absolute Gasteiger partial charge is 0.338 e. The summed E-state index contributed by atoms with van der Waals surface area (Å²) in [6, 6.07) is 0. The summed E-state index contributed by atoms with van der Waals surface area (Å²) in [6.07, 6.45) is 2.50. The number of hydrogen-bond acceptors (Lipinski definition) is 6. The highest BCUT2D eigenvalue weighted by molar-refractivity contribution is 5.34. The molecule has 0 atom stereocenters. The number of aromatic nitrogens is 2. The van der Waals surface area contributed by atoms with Crippen molar-refractivity contribution in [2.45, 2.75) is 0 Å². The molecular weight excluding hydrogens is 210 g/mol. The monoisotopic (exact) mass is 223 g/mol. The van der Waals surface area contributed by atoms with Gasteiger partial charge in [0.2, 0.25) is 5.95 Å². The summed E-state index contributed by atoms with van der Waals surface area (Å²) in [5.41, 5.74) is -0.0714. The molecule has 0 N–H and O–H groups in total. The maximum absolute atomic E-state index is 10.4. The van der Waals surface area contributed by atoms with E-state index < -0.39 is 4.92 Å². The standard InChI is InChI=1S/C9H13N5O2/c1-12-2-4-13(5-3-12)9-10-6-8(7-11-9)14(15)16/h6-7H,2-5H2,1H3. The van der Waals surface area contributed by atoms with Gasteiger partial charge in [0.15, 0.2) is 0 Å². The first-order valence-electron chi connectivity index (χ1n) is 5.07. The van der Waals surface area contributed by atoms with Crippen molar-refractivity contribution in [2.75, 3.05) is 38.1 Å². The van der Waals surface area contributed by atoms with Crippen molar-refractivity contribution in [1.29, 1.82) is 0 Å². The van der Waals surface area contributed by atoms with E-state index in [9.17, 15) is 10.1 Å². The minimum Gasteiger partial charge on any atom is -0.338 e. The molecule has 86 valence electrons. The van der Waals surface area contributed by atoms with Crippen molar-refractivity contribution < 1.29 is 4.92 Å². The molecule has 1 aromatic heterocycles. The number of nitrogens with zero attached hydrogens (tertiary/aromatic N) is 5. The van der Waals surface area contributed by atoms with Gasteiger partial charge in [0.05, 0.1) is 4.92 Å². The van der Waals surface area contributed by atoms with Gasteiger partial charge in [-0.1, -0.05) is 0 Å². The van der Waals surface area contributed by atoms with E-state index in [1.54, 1.807) is 0 Å². The predicted molar refractivity (Wildman–Crippen MR) is 58.4 cm³/mol. The molecule has 1 aromatic rings. The number of nitro groups is 1. The lowest BCUT2D eigenvalue weighted by Crippen LogP contribution is -2.45. The molecule has 2 heterocycles. The number of rotatable bonds is 2. The van der Waals surface area contributed by atoms with Crippen molar-refractivity contribution in [2.24, 2.45) is 0 Å². The van der Waals surface area contributed by atoms with Crippen LogP contribution >= 0.6 is 0 Å². The van der Waals surface area contributed by atoms with E-state index in [1.807, 2.05) is 4.90 Å². The quantitative estimate of drug-likeness (QED) is 0.524. The maximum atomic E-state index is 10.4. The zero-order chi connectivity index (χ0) is 11.5. The third-order valence-corrected chi connectivity index (χ3v) is 2.62. The first kappa shape index (κ1) is 10.7. The van der Waals surface area contributed by atoms with Gasteiger partial charge in [-0.15, -0.1) is 0 Å². The van der Waals surface area contributed by atoms with Crippen LogP contribution in [0.5, 0.6) is 0 Å². The zero-order valence-corrected chi connectivity index (χ0v) is 9.04. The van der Waals surface area contributed by atoms with E-state index in [1.165, 1.54) is 12.4 Å². The Bertz CT molecular complexity index is 372. The normalized spacial score (nSPS) is 17.4. The molecule has 1 saturated heterocycles. The fourth-order valence-corrected chi connectivity index (χ4v) is 1.58. The second-order valence-corrected chi connectivity index (χ2v) is 3.79. The molecule has 0 spiro atoms. The van der Waals surface area contributed by atoms with Crippen LogP contribution in [0.1, 0.15) is 0 Å². The first-order chi connectivity index (χ1) is 7.66. The lowest BCUT2D eigenvalue weighted by Gasteiger charge is -2.32. The predicted octanol–water partition coefficient (Wildman–Crippen LogP) is 0.137. The summed E-state index contributed by atoms with van der Waals surface area (Å²) < 4.78 is 0. The summed E-state index contributed by atoms with van der Waals surface area (Å²) in [5.74, 6) is 0.568. The van der Waals surface area contributed by atoms with E-state index >= 15 is 0 Å². The van der Waals surface area contributed by atoms with Gasteiger partial charge >= 0.3 is 5.69 Å². The second-order valence-electron chi connectivity index (χ2n) is 3.79. The Morgan fingerprint density at radius 1 is 1.25 bits per heavy atom. The Hall–Kier alpha value is -1.76. The van der Waals surface area contributed by atoms with Gasteiger partial charge in [-0.25, -0.2) is 9.97 Å². The van der Waals surface area contributed by atoms with Gasteiger partial charge in [-0.2, -0.15) is 0 Å². The van der Waals surface area contributed by atoms with Gasteiger partial charge in [0.25, 0.3) is 0 Å².